The number of nitrogens with one attached hydrogen (secondary N) is 3. The van der Waals surface area contributed by atoms with Gasteiger partial charge < -0.3 is 15.5 Å². The zero-order valence-electron chi connectivity index (χ0n) is 11.9. The number of amides is 1. The fourth-order valence-corrected chi connectivity index (χ4v) is 2.10. The first kappa shape index (κ1) is 16.0. The van der Waals surface area contributed by atoms with Gasteiger partial charge in [0.05, 0.1) is 12.8 Å². The summed E-state index contributed by atoms with van der Waals surface area (Å²) in [5, 5.41) is 16.6. The van der Waals surface area contributed by atoms with Crippen molar-refractivity contribution in [1.82, 2.24) is 15.5 Å². The number of carboxylic acid groups (broad SMARTS) is 1. The van der Waals surface area contributed by atoms with Crippen LogP contribution in [0.1, 0.15) is 37.9 Å². The maximum Gasteiger partial charge on any atom is 0.305 e. The molecule has 7 nitrogen and oxygen atoms in total. The first-order valence-electron chi connectivity index (χ1n) is 6.56. The molecule has 7 heteroatoms. The fraction of sp³-hybridized carbons (Fsp3) is 0.615. The lowest BCUT2D eigenvalue weighted by Crippen LogP contribution is -2.38. The molecule has 4 N–H and O–H groups in total. The normalized spacial score (nSPS) is 12.4. The molecule has 0 aliphatic heterocycles. The van der Waals surface area contributed by atoms with E-state index in [0.29, 0.717) is 17.7 Å². The molecule has 1 atom stereocenters. The second-order valence-corrected chi connectivity index (χ2v) is 5.35. The molecule has 1 heterocycles. The minimum atomic E-state index is -0.952. The standard InChI is InChI=1S/C13H21N3O4/c1-7(2)4-9(5-12(18)19)14-11(17)6-10-8(3)15-16-13(10)20/h7,9H,4-6H2,1-3H3,(H,14,17)(H,18,19)(H2,15,16,20)/t9-/m0/s1. The molecular weight excluding hydrogens is 262 g/mol. The van der Waals surface area contributed by atoms with Crippen LogP contribution >= 0.6 is 0 Å². The number of hydrogen-bond acceptors (Lipinski definition) is 3. The van der Waals surface area contributed by atoms with Gasteiger partial charge in [-0.3, -0.25) is 19.5 Å². The Morgan fingerprint density at radius 1 is 1.30 bits per heavy atom. The predicted molar refractivity (Wildman–Crippen MR) is 73.5 cm³/mol. The number of carbonyl (C=O) groups excluding carboxylic acids is 1. The molecule has 0 unspecified atom stereocenters. The molecule has 1 aromatic rings. The molecule has 0 radical (unpaired) electrons. The summed E-state index contributed by atoms with van der Waals surface area (Å²) in [6.45, 7) is 5.62. The van der Waals surface area contributed by atoms with E-state index in [1.165, 1.54) is 0 Å². The molecule has 0 spiro atoms. The molecular formula is C13H21N3O4. The molecule has 0 saturated carbocycles. The van der Waals surface area contributed by atoms with Crippen molar-refractivity contribution in [2.45, 2.75) is 46.1 Å². The monoisotopic (exact) mass is 283 g/mol. The average molecular weight is 283 g/mol. The smallest absolute Gasteiger partial charge is 0.305 e. The van der Waals surface area contributed by atoms with Crippen molar-refractivity contribution in [3.8, 4) is 0 Å². The molecule has 1 amide bonds. The number of aliphatic carboxylic acids is 1. The molecule has 1 rings (SSSR count). The lowest BCUT2D eigenvalue weighted by Gasteiger charge is -2.18. The third-order valence-electron chi connectivity index (χ3n) is 2.97. The molecule has 20 heavy (non-hydrogen) atoms. The van der Waals surface area contributed by atoms with E-state index in [1.807, 2.05) is 13.8 Å². The molecule has 0 aliphatic carbocycles. The van der Waals surface area contributed by atoms with Crippen LogP contribution in [-0.4, -0.2) is 33.2 Å². The van der Waals surface area contributed by atoms with E-state index in [4.69, 9.17) is 5.11 Å². The van der Waals surface area contributed by atoms with Crippen molar-refractivity contribution >= 4 is 11.9 Å². The van der Waals surface area contributed by atoms with Gasteiger partial charge in [0.2, 0.25) is 5.91 Å². The predicted octanol–water partition coefficient (Wildman–Crippen LogP) is 0.560. The molecule has 1 aromatic heterocycles. The minimum absolute atomic E-state index is 0.0567. The first-order chi connectivity index (χ1) is 9.29. The van der Waals surface area contributed by atoms with Crippen molar-refractivity contribution < 1.29 is 14.7 Å². The summed E-state index contributed by atoms with van der Waals surface area (Å²) in [7, 11) is 0. The van der Waals surface area contributed by atoms with Gasteiger partial charge in [0.15, 0.2) is 0 Å². The molecule has 0 fully saturated rings. The summed E-state index contributed by atoms with van der Waals surface area (Å²) in [6, 6.07) is -0.418. The number of hydrogen-bond donors (Lipinski definition) is 4. The van der Waals surface area contributed by atoms with E-state index in [2.05, 4.69) is 15.5 Å². The van der Waals surface area contributed by atoms with E-state index in [1.54, 1.807) is 6.92 Å². The van der Waals surface area contributed by atoms with Crippen LogP contribution in [0.2, 0.25) is 0 Å². The molecule has 0 aromatic carbocycles. The Bertz CT molecular complexity index is 530. The Kier molecular flexibility index (Phi) is 5.54. The van der Waals surface area contributed by atoms with Gasteiger partial charge in [-0.05, 0) is 19.3 Å². The minimum Gasteiger partial charge on any atom is -0.481 e. The summed E-state index contributed by atoms with van der Waals surface area (Å²) in [5.41, 5.74) is 0.668. The van der Waals surface area contributed by atoms with E-state index in [-0.39, 0.29) is 30.2 Å². The average Bonchev–Trinajstić information content (AvgIpc) is 2.58. The van der Waals surface area contributed by atoms with E-state index < -0.39 is 12.0 Å². The van der Waals surface area contributed by atoms with E-state index in [9.17, 15) is 14.4 Å². The zero-order chi connectivity index (χ0) is 15.3. The molecule has 0 saturated heterocycles. The quantitative estimate of drug-likeness (QED) is 0.585. The second kappa shape index (κ2) is 6.93. The Morgan fingerprint density at radius 2 is 1.95 bits per heavy atom. The van der Waals surface area contributed by atoms with Crippen molar-refractivity contribution in [3.05, 3.63) is 21.6 Å². The van der Waals surface area contributed by atoms with Gasteiger partial charge in [0.25, 0.3) is 5.56 Å². The topological polar surface area (TPSA) is 115 Å². The van der Waals surface area contributed by atoms with Gasteiger partial charge in [0, 0.05) is 17.3 Å². The van der Waals surface area contributed by atoms with Crippen molar-refractivity contribution in [3.63, 3.8) is 0 Å². The summed E-state index contributed by atoms with van der Waals surface area (Å²) in [4.78, 5) is 34.2. The Morgan fingerprint density at radius 3 is 2.40 bits per heavy atom. The van der Waals surface area contributed by atoms with Crippen LogP contribution in [0.3, 0.4) is 0 Å². The maximum atomic E-state index is 11.9. The third kappa shape index (κ3) is 4.91. The summed E-state index contributed by atoms with van der Waals surface area (Å²) >= 11 is 0. The number of aryl methyl sites for hydroxylation is 1. The Balaban J connectivity index is 2.66. The number of H-pyrrole nitrogens is 2. The number of carboxylic acids is 1. The van der Waals surface area contributed by atoms with Crippen LogP contribution in [0.25, 0.3) is 0 Å². The lowest BCUT2D eigenvalue weighted by atomic mass is 10.0. The highest BCUT2D eigenvalue weighted by Crippen LogP contribution is 2.09. The summed E-state index contributed by atoms with van der Waals surface area (Å²) in [5.74, 6) is -1.02. The SMILES string of the molecule is Cc1[nH][nH]c(=O)c1CC(=O)N[C@H](CC(=O)O)CC(C)C. The van der Waals surface area contributed by atoms with Crippen molar-refractivity contribution in [2.75, 3.05) is 0 Å². The van der Waals surface area contributed by atoms with Crippen molar-refractivity contribution in [1.29, 1.82) is 0 Å². The number of aromatic amines is 2. The Hall–Kier alpha value is -2.05. The molecule has 0 aliphatic rings. The van der Waals surface area contributed by atoms with Gasteiger partial charge in [-0.1, -0.05) is 13.8 Å². The highest BCUT2D eigenvalue weighted by molar-refractivity contribution is 5.79. The first-order valence-corrected chi connectivity index (χ1v) is 6.56. The highest BCUT2D eigenvalue weighted by Gasteiger charge is 2.19. The van der Waals surface area contributed by atoms with Gasteiger partial charge in [-0.2, -0.15) is 0 Å². The maximum absolute atomic E-state index is 11.9. The third-order valence-corrected chi connectivity index (χ3v) is 2.97. The van der Waals surface area contributed by atoms with Crippen LogP contribution in [-0.2, 0) is 16.0 Å². The van der Waals surface area contributed by atoms with Crippen LogP contribution in [0.15, 0.2) is 4.79 Å². The zero-order valence-corrected chi connectivity index (χ0v) is 11.9. The van der Waals surface area contributed by atoms with Crippen LogP contribution < -0.4 is 10.9 Å². The van der Waals surface area contributed by atoms with E-state index in [0.717, 1.165) is 0 Å². The lowest BCUT2D eigenvalue weighted by molar-refractivity contribution is -0.137. The number of rotatable bonds is 7. The second-order valence-electron chi connectivity index (χ2n) is 5.35. The summed E-state index contributed by atoms with van der Waals surface area (Å²) < 4.78 is 0. The van der Waals surface area contributed by atoms with Gasteiger partial charge in [-0.25, -0.2) is 0 Å². The van der Waals surface area contributed by atoms with Crippen molar-refractivity contribution in [2.24, 2.45) is 5.92 Å². The van der Waals surface area contributed by atoms with Crippen LogP contribution in [0, 0.1) is 12.8 Å². The van der Waals surface area contributed by atoms with Crippen LogP contribution in [0.4, 0.5) is 0 Å². The van der Waals surface area contributed by atoms with Crippen LogP contribution in [0.5, 0.6) is 0 Å². The van der Waals surface area contributed by atoms with Gasteiger partial charge in [0.1, 0.15) is 0 Å². The fourth-order valence-electron chi connectivity index (χ4n) is 2.10. The number of aromatic nitrogens is 2. The number of carbonyl (C=O) groups is 2. The highest BCUT2D eigenvalue weighted by atomic mass is 16.4. The Labute approximate surface area is 116 Å². The van der Waals surface area contributed by atoms with E-state index >= 15 is 0 Å². The summed E-state index contributed by atoms with van der Waals surface area (Å²) in [6.07, 6.45) is 0.409. The largest absolute Gasteiger partial charge is 0.481 e. The van der Waals surface area contributed by atoms with Gasteiger partial charge in [-0.15, -0.1) is 0 Å². The molecule has 0 bridgehead atoms. The van der Waals surface area contributed by atoms with Gasteiger partial charge >= 0.3 is 5.97 Å². The molecule has 112 valence electrons.